The van der Waals surface area contributed by atoms with E-state index in [-0.39, 0.29) is 15.9 Å². The Morgan fingerprint density at radius 1 is 1.33 bits per heavy atom. The zero-order valence-electron chi connectivity index (χ0n) is 9.93. The Hall–Kier alpha value is -0.980. The molecule has 0 atom stereocenters. The number of nitrogens with two attached hydrogens (primary N) is 1. The third-order valence-electron chi connectivity index (χ3n) is 3.11. The van der Waals surface area contributed by atoms with Crippen molar-refractivity contribution in [1.29, 1.82) is 0 Å². The topological polar surface area (TPSA) is 72.2 Å². The van der Waals surface area contributed by atoms with Crippen LogP contribution in [0.1, 0.15) is 31.2 Å². The van der Waals surface area contributed by atoms with E-state index in [1.807, 2.05) is 0 Å². The number of sulfonamides is 1. The van der Waals surface area contributed by atoms with E-state index in [9.17, 15) is 8.42 Å². The summed E-state index contributed by atoms with van der Waals surface area (Å²) in [4.78, 5) is 0.424. The van der Waals surface area contributed by atoms with E-state index in [0.29, 0.717) is 5.56 Å². The molecule has 6 heteroatoms. The van der Waals surface area contributed by atoms with Gasteiger partial charge >= 0.3 is 0 Å². The Morgan fingerprint density at radius 3 is 2.61 bits per heavy atom. The molecule has 18 heavy (non-hydrogen) atoms. The molecule has 3 N–H and O–H groups in total. The minimum absolute atomic E-state index is 0.0588. The summed E-state index contributed by atoms with van der Waals surface area (Å²) in [6, 6.07) is 6.48. The molecule has 0 saturated heterocycles. The van der Waals surface area contributed by atoms with Crippen molar-refractivity contribution in [1.82, 2.24) is 4.72 Å². The summed E-state index contributed by atoms with van der Waals surface area (Å²) >= 11 is 4.85. The molecular weight excluding hydrogens is 268 g/mol. The molecule has 0 bridgehead atoms. The van der Waals surface area contributed by atoms with Gasteiger partial charge in [-0.15, -0.1) is 0 Å². The molecule has 1 aliphatic carbocycles. The molecule has 0 heterocycles. The Bertz CT molecular complexity index is 549. The van der Waals surface area contributed by atoms with Gasteiger partial charge in [0, 0.05) is 11.6 Å². The molecule has 0 aromatic heterocycles. The highest BCUT2D eigenvalue weighted by atomic mass is 32.2. The molecule has 0 radical (unpaired) electrons. The van der Waals surface area contributed by atoms with Crippen LogP contribution in [0.25, 0.3) is 0 Å². The highest BCUT2D eigenvalue weighted by molar-refractivity contribution is 7.89. The first-order chi connectivity index (χ1) is 8.49. The average molecular weight is 284 g/mol. The van der Waals surface area contributed by atoms with E-state index in [1.165, 1.54) is 6.07 Å². The van der Waals surface area contributed by atoms with Crippen LogP contribution >= 0.6 is 12.2 Å². The van der Waals surface area contributed by atoms with Crippen molar-refractivity contribution in [2.75, 3.05) is 0 Å². The van der Waals surface area contributed by atoms with E-state index in [0.717, 1.165) is 25.7 Å². The lowest BCUT2D eigenvalue weighted by atomic mass is 10.2. The second-order valence-corrected chi connectivity index (χ2v) is 6.65. The Balaban J connectivity index is 2.23. The summed E-state index contributed by atoms with van der Waals surface area (Å²) in [6.45, 7) is 0. The van der Waals surface area contributed by atoms with Crippen molar-refractivity contribution >= 4 is 27.2 Å². The predicted molar refractivity (Wildman–Crippen MR) is 74.9 cm³/mol. The molecule has 4 nitrogen and oxygen atoms in total. The van der Waals surface area contributed by atoms with E-state index < -0.39 is 10.0 Å². The van der Waals surface area contributed by atoms with E-state index in [4.69, 9.17) is 18.0 Å². The van der Waals surface area contributed by atoms with Crippen molar-refractivity contribution in [3.8, 4) is 0 Å². The lowest BCUT2D eigenvalue weighted by Gasteiger charge is -2.13. The zero-order chi connectivity index (χ0) is 13.2. The standard InChI is InChI=1S/C12H16N2O2S2/c13-12(17)9-4-3-7-11(8-9)18(15,16)14-10-5-1-2-6-10/h3-4,7-8,10,14H,1-2,5-6H2,(H2,13,17). The van der Waals surface area contributed by atoms with Gasteiger partial charge in [0.1, 0.15) is 4.99 Å². The molecular formula is C12H16N2O2S2. The molecule has 1 aromatic carbocycles. The fourth-order valence-electron chi connectivity index (χ4n) is 2.15. The number of benzene rings is 1. The summed E-state index contributed by atoms with van der Waals surface area (Å²) in [5.41, 5.74) is 6.07. The third-order valence-corrected chi connectivity index (χ3v) is 4.86. The quantitative estimate of drug-likeness (QED) is 0.823. The van der Waals surface area contributed by atoms with Gasteiger partial charge in [-0.3, -0.25) is 0 Å². The maximum atomic E-state index is 12.2. The Labute approximate surface area is 113 Å². The number of hydrogen-bond donors (Lipinski definition) is 2. The summed E-state index contributed by atoms with van der Waals surface area (Å²) in [7, 11) is -3.46. The van der Waals surface area contributed by atoms with Gasteiger partial charge in [0.2, 0.25) is 10.0 Å². The molecule has 1 aromatic rings. The van der Waals surface area contributed by atoms with Gasteiger partial charge in [0.05, 0.1) is 4.90 Å². The van der Waals surface area contributed by atoms with Crippen LogP contribution < -0.4 is 10.5 Å². The molecule has 1 aliphatic rings. The SMILES string of the molecule is NC(=S)c1cccc(S(=O)(=O)NC2CCCC2)c1. The summed E-state index contributed by atoms with van der Waals surface area (Å²) < 4.78 is 27.1. The summed E-state index contributed by atoms with van der Waals surface area (Å²) in [5.74, 6) is 0. The van der Waals surface area contributed by atoms with Crippen molar-refractivity contribution in [3.63, 3.8) is 0 Å². The molecule has 1 saturated carbocycles. The highest BCUT2D eigenvalue weighted by Gasteiger charge is 2.22. The van der Waals surface area contributed by atoms with Crippen LogP contribution in [0.2, 0.25) is 0 Å². The lowest BCUT2D eigenvalue weighted by Crippen LogP contribution is -2.32. The van der Waals surface area contributed by atoms with Gasteiger partial charge in [-0.2, -0.15) is 0 Å². The second kappa shape index (κ2) is 5.34. The van der Waals surface area contributed by atoms with Crippen LogP contribution in [-0.2, 0) is 10.0 Å². The fraction of sp³-hybridized carbons (Fsp3) is 0.417. The van der Waals surface area contributed by atoms with Crippen molar-refractivity contribution < 1.29 is 8.42 Å². The largest absolute Gasteiger partial charge is 0.389 e. The molecule has 2 rings (SSSR count). The van der Waals surface area contributed by atoms with Crippen molar-refractivity contribution in [3.05, 3.63) is 29.8 Å². The monoisotopic (exact) mass is 284 g/mol. The first kappa shape index (κ1) is 13.5. The maximum Gasteiger partial charge on any atom is 0.240 e. The lowest BCUT2D eigenvalue weighted by molar-refractivity contribution is 0.552. The van der Waals surface area contributed by atoms with Gasteiger partial charge < -0.3 is 5.73 Å². The van der Waals surface area contributed by atoms with Gasteiger partial charge in [0.15, 0.2) is 0 Å². The van der Waals surface area contributed by atoms with Gasteiger partial charge in [-0.1, -0.05) is 37.2 Å². The predicted octanol–water partition coefficient (Wildman–Crippen LogP) is 1.54. The van der Waals surface area contributed by atoms with Crippen LogP contribution in [0, 0.1) is 0 Å². The number of nitrogens with one attached hydrogen (secondary N) is 1. The third kappa shape index (κ3) is 3.07. The second-order valence-electron chi connectivity index (χ2n) is 4.49. The van der Waals surface area contributed by atoms with Gasteiger partial charge in [-0.25, -0.2) is 13.1 Å². The van der Waals surface area contributed by atoms with Gasteiger partial charge in [-0.05, 0) is 25.0 Å². The van der Waals surface area contributed by atoms with Crippen molar-refractivity contribution in [2.45, 2.75) is 36.6 Å². The highest BCUT2D eigenvalue weighted by Crippen LogP contribution is 2.20. The smallest absolute Gasteiger partial charge is 0.240 e. The van der Waals surface area contributed by atoms with E-state index in [2.05, 4.69) is 4.72 Å². The maximum absolute atomic E-state index is 12.2. The minimum Gasteiger partial charge on any atom is -0.389 e. The Kier molecular flexibility index (Phi) is 3.99. The summed E-state index contributed by atoms with van der Waals surface area (Å²) in [5, 5.41) is 0. The molecule has 0 unspecified atom stereocenters. The molecule has 0 spiro atoms. The molecule has 1 fully saturated rings. The number of hydrogen-bond acceptors (Lipinski definition) is 3. The minimum atomic E-state index is -3.46. The first-order valence-electron chi connectivity index (χ1n) is 5.91. The van der Waals surface area contributed by atoms with Crippen LogP contribution in [0.5, 0.6) is 0 Å². The fourth-order valence-corrected chi connectivity index (χ4v) is 3.63. The van der Waals surface area contributed by atoms with E-state index in [1.54, 1.807) is 18.2 Å². The molecule has 0 amide bonds. The van der Waals surface area contributed by atoms with Crippen LogP contribution in [0.3, 0.4) is 0 Å². The average Bonchev–Trinajstić information content (AvgIpc) is 2.81. The van der Waals surface area contributed by atoms with Crippen LogP contribution in [-0.4, -0.2) is 19.4 Å². The summed E-state index contributed by atoms with van der Waals surface area (Å²) in [6.07, 6.45) is 3.99. The molecule has 98 valence electrons. The first-order valence-corrected chi connectivity index (χ1v) is 7.80. The normalized spacial score (nSPS) is 16.9. The number of thiocarbonyl (C=S) groups is 1. The molecule has 0 aliphatic heterocycles. The zero-order valence-corrected chi connectivity index (χ0v) is 11.6. The van der Waals surface area contributed by atoms with E-state index >= 15 is 0 Å². The van der Waals surface area contributed by atoms with Crippen molar-refractivity contribution in [2.24, 2.45) is 5.73 Å². The van der Waals surface area contributed by atoms with Crippen LogP contribution in [0.4, 0.5) is 0 Å². The number of rotatable bonds is 4. The Morgan fingerprint density at radius 2 is 2.00 bits per heavy atom. The van der Waals surface area contributed by atoms with Crippen LogP contribution in [0.15, 0.2) is 29.2 Å². The van der Waals surface area contributed by atoms with Gasteiger partial charge in [0.25, 0.3) is 0 Å².